The van der Waals surface area contributed by atoms with E-state index in [1.165, 1.54) is 10.9 Å². The minimum Gasteiger partial charge on any atom is -0.394 e. The number of nitrogens with one attached hydrogen (secondary N) is 1. The molecule has 2 unspecified atom stereocenters. The molecule has 2 aliphatic rings. The van der Waals surface area contributed by atoms with Crippen molar-refractivity contribution in [1.29, 1.82) is 0 Å². The highest BCUT2D eigenvalue weighted by Crippen LogP contribution is 2.51. The van der Waals surface area contributed by atoms with E-state index in [9.17, 15) is 33.9 Å². The summed E-state index contributed by atoms with van der Waals surface area (Å²) in [4.78, 5) is 54.1. The molecular formula is C20H24FN10O12P2+. The molecule has 22 nitrogen and oxygen atoms in total. The lowest BCUT2D eigenvalue weighted by molar-refractivity contribution is -0.0608. The average molecular weight is 677 g/mol. The quantitative estimate of drug-likeness (QED) is 0.0905. The van der Waals surface area contributed by atoms with Gasteiger partial charge in [0.25, 0.3) is 5.56 Å². The van der Waals surface area contributed by atoms with Crippen LogP contribution in [0.5, 0.6) is 0 Å². The van der Waals surface area contributed by atoms with E-state index in [1.807, 2.05) is 0 Å². The number of H-pyrrole nitrogens is 1. The number of nitrogens with two attached hydrogens (primary N) is 2. The van der Waals surface area contributed by atoms with Crippen LogP contribution in [0.3, 0.4) is 0 Å². The van der Waals surface area contributed by atoms with E-state index in [-0.39, 0.29) is 34.1 Å². The second-order valence-electron chi connectivity index (χ2n) is 9.75. The number of rotatable bonds is 10. The van der Waals surface area contributed by atoms with Crippen LogP contribution in [0.4, 0.5) is 16.2 Å². The highest BCUT2D eigenvalue weighted by Gasteiger charge is 2.53. The first kappa shape index (κ1) is 31.4. The number of halogens is 1. The summed E-state index contributed by atoms with van der Waals surface area (Å²) in [6, 6.07) is 0. The van der Waals surface area contributed by atoms with Gasteiger partial charge in [0.1, 0.15) is 36.3 Å². The molecule has 6 heterocycles. The number of anilines is 2. The van der Waals surface area contributed by atoms with Gasteiger partial charge >= 0.3 is 16.1 Å². The molecule has 0 aromatic carbocycles. The fraction of sp³-hybridized carbons (Fsp3) is 0.500. The van der Waals surface area contributed by atoms with Gasteiger partial charge in [0, 0.05) is 4.57 Å². The van der Waals surface area contributed by atoms with Gasteiger partial charge in [0.15, 0.2) is 47.4 Å². The third kappa shape index (κ3) is 5.79. The molecule has 2 aliphatic heterocycles. The van der Waals surface area contributed by atoms with Crippen molar-refractivity contribution in [2.24, 2.45) is 0 Å². The number of aromatic amines is 1. The highest BCUT2D eigenvalue weighted by molar-refractivity contribution is 7.47. The first-order chi connectivity index (χ1) is 21.4. The van der Waals surface area contributed by atoms with Gasteiger partial charge in [0.05, 0.1) is 25.9 Å². The molecule has 0 amide bonds. The second-order valence-corrected chi connectivity index (χ2v) is 11.8. The van der Waals surface area contributed by atoms with Crippen molar-refractivity contribution in [3.8, 4) is 0 Å². The summed E-state index contributed by atoms with van der Waals surface area (Å²) in [5.41, 5.74) is 10.6. The number of phosphoric acid groups is 1. The maximum Gasteiger partial charge on any atom is 0.695 e. The minimum atomic E-state index is -5.25. The van der Waals surface area contributed by atoms with Gasteiger partial charge in [-0.2, -0.15) is 4.98 Å². The number of hydrogen-bond donors (Lipinski definition) is 7. The van der Waals surface area contributed by atoms with Crippen LogP contribution in [0, 0.1) is 0 Å². The van der Waals surface area contributed by atoms with E-state index in [0.29, 0.717) is 0 Å². The molecule has 10 atom stereocenters. The van der Waals surface area contributed by atoms with Crippen molar-refractivity contribution in [1.82, 2.24) is 39.0 Å². The first-order valence-electron chi connectivity index (χ1n) is 12.8. The van der Waals surface area contributed by atoms with Crippen molar-refractivity contribution in [3.05, 3.63) is 29.3 Å². The molecule has 0 aliphatic carbocycles. The number of aromatic nitrogens is 8. The van der Waals surface area contributed by atoms with E-state index in [4.69, 9.17) is 34.5 Å². The predicted octanol–water partition coefficient (Wildman–Crippen LogP) is -1.85. The Morgan fingerprint density at radius 2 is 1.76 bits per heavy atom. The molecule has 4 aromatic heterocycles. The van der Waals surface area contributed by atoms with Crippen LogP contribution in [-0.4, -0.2) is 109 Å². The smallest absolute Gasteiger partial charge is 0.394 e. The summed E-state index contributed by atoms with van der Waals surface area (Å²) in [5, 5.41) is 20.5. The molecule has 2 fully saturated rings. The van der Waals surface area contributed by atoms with Crippen molar-refractivity contribution < 1.29 is 56.6 Å². The van der Waals surface area contributed by atoms with Crippen LogP contribution in [0.2, 0.25) is 0 Å². The molecule has 25 heteroatoms. The molecule has 4 aromatic rings. The summed E-state index contributed by atoms with van der Waals surface area (Å²) in [6.07, 6.45) is -9.98. The number of nitrogens with zero attached hydrogens (tertiary/aromatic N) is 7. The van der Waals surface area contributed by atoms with Gasteiger partial charge in [-0.3, -0.25) is 28.0 Å². The Bertz CT molecular complexity index is 1860. The largest absolute Gasteiger partial charge is 0.695 e. The Morgan fingerprint density at radius 3 is 2.47 bits per heavy atom. The van der Waals surface area contributed by atoms with Crippen LogP contribution < -0.4 is 17.0 Å². The first-order valence-corrected chi connectivity index (χ1v) is 15.4. The molecular weight excluding hydrogens is 653 g/mol. The van der Waals surface area contributed by atoms with Crippen LogP contribution in [-0.2, 0) is 32.2 Å². The average Bonchev–Trinajstić information content (AvgIpc) is 3.73. The Kier molecular flexibility index (Phi) is 8.34. The maximum absolute atomic E-state index is 15.3. The normalized spacial score (nSPS) is 30.3. The topological polar surface area (TPSA) is 320 Å². The van der Waals surface area contributed by atoms with Gasteiger partial charge in [0.2, 0.25) is 5.95 Å². The molecule has 2 saturated heterocycles. The van der Waals surface area contributed by atoms with E-state index >= 15 is 4.39 Å². The van der Waals surface area contributed by atoms with Crippen LogP contribution in [0.15, 0.2) is 23.8 Å². The summed E-state index contributed by atoms with van der Waals surface area (Å²) in [6.45, 7) is -1.75. The number of imidazole rings is 2. The summed E-state index contributed by atoms with van der Waals surface area (Å²) in [5.74, 6) is -0.288. The standard InChI is InChI=1S/C20H23FN10O12P2/c21-8-6(1-32)40-19(31-5-27-10-16(31)28-20(23)29-17(10)34)13(8)43-45(37,38)39-2-7-12(42-44(35)36)11(33)18(41-7)30-4-26-9-14(22)24-3-25-15(9)30/h3-8,11-13,18-19,32-33H,1-2H2,(H6-,22,23,24,25,28,29,34,35,36,37,38)/p+1/t6-,7-,8+,11-,12-,13-,18-,19-/m1/s1. The van der Waals surface area contributed by atoms with Gasteiger partial charge in [-0.05, 0) is 0 Å². The van der Waals surface area contributed by atoms with E-state index in [0.717, 1.165) is 17.2 Å². The Balaban J connectivity index is 1.22. The zero-order chi connectivity index (χ0) is 32.2. The third-order valence-electron chi connectivity index (χ3n) is 7.01. The lowest BCUT2D eigenvalue weighted by Gasteiger charge is -2.24. The van der Waals surface area contributed by atoms with E-state index < -0.39 is 84.0 Å². The summed E-state index contributed by atoms with van der Waals surface area (Å²) >= 11 is 0. The number of aliphatic hydroxyl groups is 2. The zero-order valence-corrected chi connectivity index (χ0v) is 24.2. The molecule has 0 saturated carbocycles. The fourth-order valence-electron chi connectivity index (χ4n) is 5.03. The Labute approximate surface area is 249 Å². The molecule has 6 rings (SSSR count). The van der Waals surface area contributed by atoms with Gasteiger partial charge in [-0.1, -0.05) is 0 Å². The molecule has 0 bridgehead atoms. The van der Waals surface area contributed by atoms with Gasteiger partial charge in [-0.15, -0.1) is 9.42 Å². The predicted molar refractivity (Wildman–Crippen MR) is 143 cm³/mol. The van der Waals surface area contributed by atoms with E-state index in [1.54, 1.807) is 0 Å². The summed E-state index contributed by atoms with van der Waals surface area (Å²) in [7, 11) is -8.56. The third-order valence-corrected chi connectivity index (χ3v) is 8.42. The van der Waals surface area contributed by atoms with Crippen LogP contribution >= 0.6 is 16.1 Å². The van der Waals surface area contributed by atoms with E-state index in [2.05, 4.69) is 29.9 Å². The number of fused-ring (bicyclic) bond motifs is 2. The van der Waals surface area contributed by atoms with Crippen molar-refractivity contribution in [3.63, 3.8) is 0 Å². The number of hydrogen-bond acceptors (Lipinski definition) is 17. The highest BCUT2D eigenvalue weighted by atomic mass is 31.2. The molecule has 242 valence electrons. The summed E-state index contributed by atoms with van der Waals surface area (Å²) < 4.78 is 68.5. The molecule has 9 N–H and O–H groups in total. The van der Waals surface area contributed by atoms with Crippen LogP contribution in [0.1, 0.15) is 12.5 Å². The van der Waals surface area contributed by atoms with Crippen LogP contribution in [0.25, 0.3) is 22.3 Å². The SMILES string of the molecule is Nc1nc2c(ncn2[C@@H]2O[C@H](CO)[C@H](F)[C@H]2OP(=O)(O)OC[C@H]2O[C@@H](n3cnc4c(N)ncnc43)[C@H](O)[C@@H]2O[P+](=O)O)c(=O)[nH]1. The molecule has 0 radical (unpaired) electrons. The maximum atomic E-state index is 15.3. The number of nitrogen functional groups attached to an aromatic ring is 2. The van der Waals surface area contributed by atoms with Crippen molar-refractivity contribution in [2.75, 3.05) is 24.7 Å². The number of aliphatic hydroxyl groups excluding tert-OH is 2. The Morgan fingerprint density at radius 1 is 1.07 bits per heavy atom. The minimum absolute atomic E-state index is 0.0225. The monoisotopic (exact) mass is 677 g/mol. The number of phosphoric ester groups is 1. The molecule has 0 spiro atoms. The number of ether oxygens (including phenoxy) is 2. The molecule has 45 heavy (non-hydrogen) atoms. The van der Waals surface area contributed by atoms with Gasteiger partial charge in [-0.25, -0.2) is 28.9 Å². The van der Waals surface area contributed by atoms with Crippen molar-refractivity contribution >= 4 is 50.2 Å². The fourth-order valence-corrected chi connectivity index (χ4v) is 6.43. The Hall–Kier alpha value is -3.60. The van der Waals surface area contributed by atoms with Gasteiger partial charge < -0.3 is 36.0 Å². The lowest BCUT2D eigenvalue weighted by Crippen LogP contribution is -2.35. The van der Waals surface area contributed by atoms with Crippen molar-refractivity contribution in [2.45, 2.75) is 49.1 Å². The zero-order valence-electron chi connectivity index (χ0n) is 22.4. The lowest BCUT2D eigenvalue weighted by atomic mass is 10.1. The second kappa shape index (κ2) is 12.0. The number of alkyl halides is 1.